The van der Waals surface area contributed by atoms with Crippen LogP contribution in [0.2, 0.25) is 0 Å². The number of aromatic nitrogens is 4. The van der Waals surface area contributed by atoms with E-state index >= 15 is 0 Å². The third kappa shape index (κ3) is 3.92. The van der Waals surface area contributed by atoms with Gasteiger partial charge in [-0.2, -0.15) is 0 Å². The van der Waals surface area contributed by atoms with E-state index in [1.807, 2.05) is 12.1 Å². The van der Waals surface area contributed by atoms with E-state index in [2.05, 4.69) is 20.8 Å². The Hall–Kier alpha value is -2.72. The number of rotatable bonds is 7. The zero-order chi connectivity index (χ0) is 19.5. The van der Waals surface area contributed by atoms with Crippen LogP contribution >= 0.6 is 11.8 Å². The molecule has 0 bridgehead atoms. The average Bonchev–Trinajstić information content (AvgIpc) is 3.41. The first-order valence-corrected chi connectivity index (χ1v) is 9.93. The van der Waals surface area contributed by atoms with Crippen LogP contribution in [0.5, 0.6) is 0 Å². The molecule has 9 nitrogen and oxygen atoms in total. The molecule has 1 N–H and O–H groups in total. The van der Waals surface area contributed by atoms with Gasteiger partial charge in [0.15, 0.2) is 11.5 Å². The summed E-state index contributed by atoms with van der Waals surface area (Å²) >= 11 is 1.23. The number of tetrazole rings is 1. The Labute approximate surface area is 164 Å². The smallest absolute Gasteiger partial charge is 0.234 e. The number of nitrogens with one attached hydrogen (secondary N) is 1. The number of carbonyl (C=O) groups excluding carboxylic acids is 2. The number of carbonyl (C=O) groups is 2. The number of fused-ring (bicyclic) bond motifs is 1. The maximum atomic E-state index is 12.5. The molecule has 4 rings (SSSR count). The predicted molar refractivity (Wildman–Crippen MR) is 102 cm³/mol. The van der Waals surface area contributed by atoms with Crippen LogP contribution in [-0.4, -0.2) is 50.4 Å². The molecule has 3 heterocycles. The Morgan fingerprint density at radius 1 is 1.36 bits per heavy atom. The minimum atomic E-state index is -0.272. The zero-order valence-electron chi connectivity index (χ0n) is 15.3. The van der Waals surface area contributed by atoms with Crippen LogP contribution < -0.4 is 5.32 Å². The van der Waals surface area contributed by atoms with E-state index in [0.717, 1.165) is 19.4 Å². The summed E-state index contributed by atoms with van der Waals surface area (Å²) < 4.78 is 12.8. The third-order valence-corrected chi connectivity index (χ3v) is 5.37. The molecule has 0 radical (unpaired) electrons. The van der Waals surface area contributed by atoms with Crippen molar-refractivity contribution in [2.75, 3.05) is 17.7 Å². The van der Waals surface area contributed by atoms with Crippen LogP contribution in [0.15, 0.2) is 33.8 Å². The fourth-order valence-electron chi connectivity index (χ4n) is 3.12. The van der Waals surface area contributed by atoms with Gasteiger partial charge >= 0.3 is 0 Å². The maximum Gasteiger partial charge on any atom is 0.234 e. The molecule has 1 unspecified atom stereocenters. The van der Waals surface area contributed by atoms with Gasteiger partial charge in [-0.15, -0.1) is 5.10 Å². The van der Waals surface area contributed by atoms with Gasteiger partial charge in [0.1, 0.15) is 5.58 Å². The van der Waals surface area contributed by atoms with Crippen LogP contribution in [0, 0.1) is 0 Å². The number of ketones is 1. The van der Waals surface area contributed by atoms with E-state index in [-0.39, 0.29) is 29.3 Å². The van der Waals surface area contributed by atoms with E-state index in [0.29, 0.717) is 28.4 Å². The summed E-state index contributed by atoms with van der Waals surface area (Å²) in [6, 6.07) is 7.19. The first-order valence-electron chi connectivity index (χ1n) is 8.94. The number of Topliss-reactive ketones (excluding diaryl/α,β-unsaturated/α-hetero) is 1. The summed E-state index contributed by atoms with van der Waals surface area (Å²) in [5, 5.41) is 15.7. The van der Waals surface area contributed by atoms with Crippen molar-refractivity contribution in [1.82, 2.24) is 20.2 Å². The molecular weight excluding hydrogens is 382 g/mol. The lowest BCUT2D eigenvalue weighted by Gasteiger charge is -2.10. The quantitative estimate of drug-likeness (QED) is 0.475. The first-order chi connectivity index (χ1) is 13.6. The lowest BCUT2D eigenvalue weighted by molar-refractivity contribution is -0.113. The van der Waals surface area contributed by atoms with Crippen LogP contribution in [0.1, 0.15) is 30.3 Å². The van der Waals surface area contributed by atoms with Gasteiger partial charge in [-0.3, -0.25) is 9.59 Å². The summed E-state index contributed by atoms with van der Waals surface area (Å²) in [7, 11) is 0. The van der Waals surface area contributed by atoms with Gasteiger partial charge in [0, 0.05) is 18.9 Å². The Kier molecular flexibility index (Phi) is 5.40. The van der Waals surface area contributed by atoms with Crippen molar-refractivity contribution in [3.05, 3.63) is 30.0 Å². The van der Waals surface area contributed by atoms with E-state index < -0.39 is 0 Å². The highest BCUT2D eigenvalue weighted by Crippen LogP contribution is 2.31. The van der Waals surface area contributed by atoms with Crippen LogP contribution in [0.25, 0.3) is 11.0 Å². The third-order valence-electron chi connectivity index (χ3n) is 4.41. The van der Waals surface area contributed by atoms with E-state index in [1.54, 1.807) is 16.8 Å². The summed E-state index contributed by atoms with van der Waals surface area (Å²) in [4.78, 5) is 24.4. The molecule has 10 heteroatoms. The molecule has 3 aromatic rings. The second-order valence-electron chi connectivity index (χ2n) is 6.47. The number of thioether (sulfide) groups is 1. The van der Waals surface area contributed by atoms with Gasteiger partial charge in [-0.05, 0) is 35.4 Å². The summed E-state index contributed by atoms with van der Waals surface area (Å²) in [5.41, 5.74) is 0.948. The molecule has 1 aliphatic rings. The average molecular weight is 401 g/mol. The second kappa shape index (κ2) is 8.11. The van der Waals surface area contributed by atoms with Crippen molar-refractivity contribution in [1.29, 1.82) is 0 Å². The Morgan fingerprint density at radius 2 is 2.21 bits per heavy atom. The lowest BCUT2D eigenvalue weighted by atomic mass is 10.2. The number of furan rings is 1. The highest BCUT2D eigenvalue weighted by molar-refractivity contribution is 7.99. The fourth-order valence-corrected chi connectivity index (χ4v) is 3.81. The second-order valence-corrected chi connectivity index (χ2v) is 7.42. The largest absolute Gasteiger partial charge is 0.451 e. The molecule has 146 valence electrons. The Bertz CT molecular complexity index is 1010. The van der Waals surface area contributed by atoms with Crippen molar-refractivity contribution in [3.8, 4) is 0 Å². The molecule has 1 amide bonds. The Balaban J connectivity index is 1.43. The van der Waals surface area contributed by atoms with E-state index in [1.165, 1.54) is 18.7 Å². The number of hydrogen-bond donors (Lipinski definition) is 1. The van der Waals surface area contributed by atoms with Crippen LogP contribution in [-0.2, 0) is 16.1 Å². The normalized spacial score (nSPS) is 16.5. The van der Waals surface area contributed by atoms with Crippen LogP contribution in [0.3, 0.4) is 0 Å². The van der Waals surface area contributed by atoms with E-state index in [9.17, 15) is 9.59 Å². The van der Waals surface area contributed by atoms with Crippen molar-refractivity contribution in [3.63, 3.8) is 0 Å². The monoisotopic (exact) mass is 401 g/mol. The van der Waals surface area contributed by atoms with Gasteiger partial charge in [-0.1, -0.05) is 23.9 Å². The highest BCUT2D eigenvalue weighted by Gasteiger charge is 2.21. The molecule has 1 saturated heterocycles. The molecule has 0 saturated carbocycles. The standard InChI is InChI=1S/C18H19N5O4S/c1-11(24)17-16(13-6-2-3-7-14(13)27-17)19-15(25)10-28-18-20-21-22-23(18)9-12-5-4-8-26-12/h2-3,6-7,12H,4-5,8-10H2,1H3,(H,19,25). The van der Waals surface area contributed by atoms with Crippen molar-refractivity contribution >= 4 is 40.1 Å². The number of hydrogen-bond acceptors (Lipinski definition) is 8. The first kappa shape index (κ1) is 18.6. The van der Waals surface area contributed by atoms with Gasteiger partial charge in [-0.25, -0.2) is 4.68 Å². The number of para-hydroxylation sites is 1. The molecule has 28 heavy (non-hydrogen) atoms. The molecule has 1 aliphatic heterocycles. The SMILES string of the molecule is CC(=O)c1oc2ccccc2c1NC(=O)CSc1nnnn1CC1CCCO1. The summed E-state index contributed by atoms with van der Waals surface area (Å²) in [6.45, 7) is 2.73. The predicted octanol–water partition coefficient (Wildman–Crippen LogP) is 2.53. The number of nitrogens with zero attached hydrogens (tertiary/aromatic N) is 4. The molecule has 0 aliphatic carbocycles. The molecule has 1 atom stereocenters. The zero-order valence-corrected chi connectivity index (χ0v) is 16.1. The molecule has 2 aromatic heterocycles. The molecular formula is C18H19N5O4S. The minimum Gasteiger partial charge on any atom is -0.451 e. The van der Waals surface area contributed by atoms with Crippen molar-refractivity contribution in [2.45, 2.75) is 37.6 Å². The van der Waals surface area contributed by atoms with Crippen molar-refractivity contribution in [2.24, 2.45) is 0 Å². The molecule has 1 fully saturated rings. The van der Waals surface area contributed by atoms with Gasteiger partial charge in [0.2, 0.25) is 11.1 Å². The maximum absolute atomic E-state index is 12.5. The number of amides is 1. The van der Waals surface area contributed by atoms with Gasteiger partial charge in [0.05, 0.1) is 24.1 Å². The van der Waals surface area contributed by atoms with Gasteiger partial charge < -0.3 is 14.5 Å². The minimum absolute atomic E-state index is 0.0999. The summed E-state index contributed by atoms with van der Waals surface area (Å²) in [6.07, 6.45) is 2.12. The number of anilines is 1. The van der Waals surface area contributed by atoms with E-state index in [4.69, 9.17) is 9.15 Å². The fraction of sp³-hybridized carbons (Fsp3) is 0.389. The molecule has 1 aromatic carbocycles. The topological polar surface area (TPSA) is 112 Å². The number of ether oxygens (including phenoxy) is 1. The Morgan fingerprint density at radius 3 is 3.00 bits per heavy atom. The molecule has 0 spiro atoms. The summed E-state index contributed by atoms with van der Waals surface area (Å²) in [5.74, 6) is -0.281. The number of benzene rings is 1. The lowest BCUT2D eigenvalue weighted by Crippen LogP contribution is -2.18. The van der Waals surface area contributed by atoms with Crippen LogP contribution in [0.4, 0.5) is 5.69 Å². The van der Waals surface area contributed by atoms with Gasteiger partial charge in [0.25, 0.3) is 0 Å². The van der Waals surface area contributed by atoms with Crippen molar-refractivity contribution < 1.29 is 18.7 Å². The highest BCUT2D eigenvalue weighted by atomic mass is 32.2.